The van der Waals surface area contributed by atoms with E-state index < -0.39 is 46.1 Å². The molecule has 0 aromatic carbocycles. The largest absolute Gasteiger partial charge is 0.464 e. The Hall–Kier alpha value is -3.78. The maximum Gasteiger partial charge on any atom is 0.329 e. The van der Waals surface area contributed by atoms with Gasteiger partial charge in [-0.2, -0.15) is 0 Å². The van der Waals surface area contributed by atoms with Crippen LogP contribution in [0.15, 0.2) is 36.4 Å². The van der Waals surface area contributed by atoms with Crippen LogP contribution in [0.4, 0.5) is 0 Å². The van der Waals surface area contributed by atoms with Gasteiger partial charge in [0.15, 0.2) is 0 Å². The molecule has 2 atom stereocenters. The molecule has 0 aliphatic carbocycles. The van der Waals surface area contributed by atoms with Crippen molar-refractivity contribution in [3.8, 4) is 0 Å². The minimum absolute atomic E-state index is 0.0406. The van der Waals surface area contributed by atoms with Gasteiger partial charge in [-0.15, -0.1) is 0 Å². The van der Waals surface area contributed by atoms with Gasteiger partial charge < -0.3 is 20.1 Å². The second-order valence-electron chi connectivity index (χ2n) is 7.57. The van der Waals surface area contributed by atoms with E-state index in [4.69, 9.17) is 9.47 Å². The van der Waals surface area contributed by atoms with Gasteiger partial charge in [-0.1, -0.05) is 35.7 Å². The molecule has 3 heterocycles. The molecule has 0 radical (unpaired) electrons. The van der Waals surface area contributed by atoms with Crippen molar-refractivity contribution in [3.05, 3.63) is 59.2 Å². The third-order valence-corrected chi connectivity index (χ3v) is 6.84. The Bertz CT molecular complexity index is 1170. The van der Waals surface area contributed by atoms with Crippen molar-refractivity contribution in [3.63, 3.8) is 0 Å². The number of rotatable bonds is 4. The normalized spacial score (nSPS) is 18.9. The van der Waals surface area contributed by atoms with E-state index in [1.54, 1.807) is 13.8 Å². The molecule has 0 unspecified atom stereocenters. The molecular weight excluding hydrogens is 536 g/mol. The highest BCUT2D eigenvalue weighted by molar-refractivity contribution is 8.14. The van der Waals surface area contributed by atoms with Crippen molar-refractivity contribution in [2.24, 2.45) is 0 Å². The number of nitrogens with one attached hydrogen (secondary N) is 2. The zero-order valence-electron chi connectivity index (χ0n) is 20.4. The summed E-state index contributed by atoms with van der Waals surface area (Å²) in [7, 11) is 0. The van der Waals surface area contributed by atoms with Gasteiger partial charge in [0.1, 0.15) is 34.9 Å². The van der Waals surface area contributed by atoms with Gasteiger partial charge >= 0.3 is 11.9 Å². The molecule has 0 saturated carbocycles. The highest BCUT2D eigenvalue weighted by Gasteiger charge is 2.28. The smallest absolute Gasteiger partial charge is 0.329 e. The highest BCUT2D eigenvalue weighted by atomic mass is 32.2. The maximum absolute atomic E-state index is 12.9. The van der Waals surface area contributed by atoms with Crippen LogP contribution in [0, 0.1) is 0 Å². The fourth-order valence-corrected chi connectivity index (χ4v) is 4.70. The number of carbonyl (C=O) groups excluding carboxylic acids is 6. The van der Waals surface area contributed by atoms with Crippen molar-refractivity contribution in [1.82, 2.24) is 20.6 Å². The van der Waals surface area contributed by atoms with Gasteiger partial charge in [0.2, 0.25) is 10.2 Å². The van der Waals surface area contributed by atoms with Gasteiger partial charge in [0.05, 0.1) is 13.2 Å². The van der Waals surface area contributed by atoms with E-state index in [9.17, 15) is 28.8 Å². The first-order valence-electron chi connectivity index (χ1n) is 11.5. The second-order valence-corrected chi connectivity index (χ2v) is 9.55. The zero-order chi connectivity index (χ0) is 27.7. The number of hydrogen-bond donors (Lipinski definition) is 2. The number of thioether (sulfide) groups is 2. The third-order valence-electron chi connectivity index (χ3n) is 4.90. The van der Waals surface area contributed by atoms with E-state index >= 15 is 0 Å². The van der Waals surface area contributed by atoms with Crippen LogP contribution in [0.3, 0.4) is 0 Å². The predicted molar refractivity (Wildman–Crippen MR) is 138 cm³/mol. The summed E-state index contributed by atoms with van der Waals surface area (Å²) >= 11 is 1.42. The lowest BCUT2D eigenvalue weighted by molar-refractivity contribution is -0.145. The minimum Gasteiger partial charge on any atom is -0.464 e. The molecule has 4 bridgehead atoms. The number of fused-ring (bicyclic) bond motifs is 4. The quantitative estimate of drug-likeness (QED) is 0.514. The Labute approximate surface area is 226 Å². The topological polar surface area (TPSA) is 171 Å². The number of carbonyl (C=O) groups is 6. The van der Waals surface area contributed by atoms with Crippen LogP contribution in [-0.2, 0) is 19.1 Å². The number of pyridine rings is 2. The summed E-state index contributed by atoms with van der Waals surface area (Å²) in [6.45, 7) is 3.28. The van der Waals surface area contributed by atoms with Gasteiger partial charge in [-0.05, 0) is 38.1 Å². The van der Waals surface area contributed by atoms with Crippen molar-refractivity contribution in [2.75, 3.05) is 24.7 Å². The van der Waals surface area contributed by atoms with Gasteiger partial charge in [0.25, 0.3) is 11.8 Å². The molecule has 2 N–H and O–H groups in total. The third kappa shape index (κ3) is 7.61. The Kier molecular flexibility index (Phi) is 10.4. The highest BCUT2D eigenvalue weighted by Crippen LogP contribution is 2.17. The van der Waals surface area contributed by atoms with E-state index in [-0.39, 0.29) is 47.5 Å². The van der Waals surface area contributed by atoms with Gasteiger partial charge in [-0.3, -0.25) is 19.2 Å². The molecular formula is C24H24N4O8S2. The van der Waals surface area contributed by atoms with Crippen LogP contribution in [0.1, 0.15) is 55.8 Å². The molecule has 1 aliphatic rings. The fraction of sp³-hybridized carbons (Fsp3) is 0.333. The number of esters is 2. The predicted octanol–water partition coefficient (Wildman–Crippen LogP) is 1.26. The van der Waals surface area contributed by atoms with E-state index in [0.717, 1.165) is 0 Å². The van der Waals surface area contributed by atoms with Crippen molar-refractivity contribution in [2.45, 2.75) is 25.9 Å². The van der Waals surface area contributed by atoms with E-state index in [2.05, 4.69) is 20.6 Å². The van der Waals surface area contributed by atoms with Crippen LogP contribution < -0.4 is 10.6 Å². The summed E-state index contributed by atoms with van der Waals surface area (Å²) in [5, 5.41) is 3.88. The Morgan fingerprint density at radius 1 is 0.737 bits per heavy atom. The first-order chi connectivity index (χ1) is 18.2. The monoisotopic (exact) mass is 560 g/mol. The Morgan fingerprint density at radius 3 is 1.50 bits per heavy atom. The summed E-state index contributed by atoms with van der Waals surface area (Å²) in [4.78, 5) is 84.4. The lowest BCUT2D eigenvalue weighted by Gasteiger charge is -2.18. The van der Waals surface area contributed by atoms with Crippen LogP contribution in [0.25, 0.3) is 0 Å². The van der Waals surface area contributed by atoms with Gasteiger partial charge in [0, 0.05) is 11.5 Å². The van der Waals surface area contributed by atoms with Crippen LogP contribution in [0.5, 0.6) is 0 Å². The first-order valence-corrected chi connectivity index (χ1v) is 13.4. The number of nitrogens with zero attached hydrogens (tertiary/aromatic N) is 2. The average molecular weight is 561 g/mol. The standard InChI is InChI=1S/C24H24N4O8S2/c1-3-35-21(31)17-11-37-23(33)15-9-6-10-16(26-15)24(34)38-12-18(22(32)36-4-2)28-20(30)14-8-5-7-13(25-14)19(29)27-17/h5-10,17-18H,3-4,11-12H2,1-2H3,(H,27,29)(H,28,30)/t17-,18-/m1/s1. The molecule has 0 saturated heterocycles. The van der Waals surface area contributed by atoms with E-state index in [0.29, 0.717) is 23.5 Å². The van der Waals surface area contributed by atoms with E-state index in [1.165, 1.54) is 36.4 Å². The molecule has 12 nitrogen and oxygen atoms in total. The van der Waals surface area contributed by atoms with Crippen molar-refractivity contribution < 1.29 is 38.2 Å². The number of hydrogen-bond acceptors (Lipinski definition) is 12. The number of ether oxygens (including phenoxy) is 2. The van der Waals surface area contributed by atoms with Gasteiger partial charge in [-0.25, -0.2) is 19.6 Å². The molecule has 1 aliphatic heterocycles. The van der Waals surface area contributed by atoms with Crippen LogP contribution in [0.2, 0.25) is 0 Å². The van der Waals surface area contributed by atoms with Crippen molar-refractivity contribution >= 4 is 57.5 Å². The molecule has 14 heteroatoms. The maximum atomic E-state index is 12.9. The lowest BCUT2D eigenvalue weighted by atomic mass is 10.2. The number of amides is 2. The Morgan fingerprint density at radius 2 is 1.11 bits per heavy atom. The van der Waals surface area contributed by atoms with Crippen LogP contribution in [-0.4, -0.2) is 80.8 Å². The summed E-state index contributed by atoms with van der Waals surface area (Å²) in [6.07, 6.45) is 0. The van der Waals surface area contributed by atoms with Crippen LogP contribution >= 0.6 is 23.5 Å². The molecule has 38 heavy (non-hydrogen) atoms. The Balaban J connectivity index is 1.99. The average Bonchev–Trinajstić information content (AvgIpc) is 2.92. The molecule has 2 amide bonds. The zero-order valence-corrected chi connectivity index (χ0v) is 22.1. The molecule has 2 aromatic heterocycles. The molecule has 3 rings (SSSR count). The molecule has 0 fully saturated rings. The summed E-state index contributed by atoms with van der Waals surface area (Å²) in [5.74, 6) is -3.46. The summed E-state index contributed by atoms with van der Waals surface area (Å²) < 4.78 is 10.0. The lowest BCUT2D eigenvalue weighted by Crippen LogP contribution is -2.45. The SMILES string of the molecule is CCOC(=O)[C@H]1CSC(=O)c2cccc(n2)C(=O)SC[C@H](C(=O)OCC)NC(=O)c2cccc(n2)C(=O)N1. The number of aromatic nitrogens is 2. The van der Waals surface area contributed by atoms with Crippen molar-refractivity contribution in [1.29, 1.82) is 0 Å². The first kappa shape index (κ1) is 28.8. The molecule has 2 aromatic rings. The second kappa shape index (κ2) is 13.7. The minimum atomic E-state index is -1.22. The summed E-state index contributed by atoms with van der Waals surface area (Å²) in [5.41, 5.74) is -0.450. The molecule has 200 valence electrons. The fourth-order valence-electron chi connectivity index (χ4n) is 3.10. The van der Waals surface area contributed by atoms with E-state index in [1.807, 2.05) is 0 Å². The summed E-state index contributed by atoms with van der Waals surface area (Å²) in [6, 6.07) is 5.92. The molecule has 0 spiro atoms.